The van der Waals surface area contributed by atoms with Crippen molar-refractivity contribution in [1.82, 2.24) is 15.5 Å². The van der Waals surface area contributed by atoms with Crippen molar-refractivity contribution in [2.75, 3.05) is 13.7 Å². The fraction of sp³-hybridized carbons (Fsp3) is 0.421. The van der Waals surface area contributed by atoms with Gasteiger partial charge in [-0.1, -0.05) is 32.9 Å². The van der Waals surface area contributed by atoms with E-state index >= 15 is 0 Å². The van der Waals surface area contributed by atoms with E-state index in [1.165, 1.54) is 0 Å². The third-order valence-corrected chi connectivity index (χ3v) is 3.89. The Morgan fingerprint density at radius 3 is 2.58 bits per heavy atom. The second kappa shape index (κ2) is 8.55. The van der Waals surface area contributed by atoms with Crippen LogP contribution in [-0.2, 0) is 4.74 Å². The van der Waals surface area contributed by atoms with Crippen LogP contribution < -0.4 is 5.32 Å². The standard InChI is InChI=1S/C19H25N3O2/c1-5-16(12-24-4)20-19(23)15-8-6-7-14(11-15)18-10-9-17(13(2)3)21-22-18/h6-11,13,16H,5,12H2,1-4H3,(H,20,23). The van der Waals surface area contributed by atoms with Gasteiger partial charge in [-0.15, -0.1) is 0 Å². The Balaban J connectivity index is 2.17. The fourth-order valence-electron chi connectivity index (χ4n) is 2.36. The van der Waals surface area contributed by atoms with Crippen LogP contribution in [-0.4, -0.2) is 35.9 Å². The Kier molecular flexibility index (Phi) is 6.44. The Hall–Kier alpha value is -2.27. The monoisotopic (exact) mass is 327 g/mol. The quantitative estimate of drug-likeness (QED) is 0.846. The van der Waals surface area contributed by atoms with Crippen molar-refractivity contribution in [3.05, 3.63) is 47.7 Å². The molecule has 1 unspecified atom stereocenters. The first-order chi connectivity index (χ1) is 11.5. The van der Waals surface area contributed by atoms with Crippen molar-refractivity contribution < 1.29 is 9.53 Å². The summed E-state index contributed by atoms with van der Waals surface area (Å²) in [5, 5.41) is 11.5. The molecule has 1 amide bonds. The minimum atomic E-state index is -0.104. The first kappa shape index (κ1) is 18.1. The normalized spacial score (nSPS) is 12.2. The van der Waals surface area contributed by atoms with E-state index in [9.17, 15) is 4.79 Å². The molecule has 0 radical (unpaired) electrons. The molecule has 0 fully saturated rings. The summed E-state index contributed by atoms with van der Waals surface area (Å²) in [6.45, 7) is 6.69. The van der Waals surface area contributed by atoms with Crippen LogP contribution in [0.1, 0.15) is 49.2 Å². The summed E-state index contributed by atoms with van der Waals surface area (Å²) in [6, 6.07) is 11.4. The van der Waals surface area contributed by atoms with Crippen LogP contribution in [0, 0.1) is 0 Å². The largest absolute Gasteiger partial charge is 0.383 e. The summed E-state index contributed by atoms with van der Waals surface area (Å²) in [5.74, 6) is 0.239. The van der Waals surface area contributed by atoms with E-state index in [-0.39, 0.29) is 11.9 Å². The van der Waals surface area contributed by atoms with E-state index in [2.05, 4.69) is 29.4 Å². The average molecular weight is 327 g/mol. The molecule has 0 spiro atoms. The lowest BCUT2D eigenvalue weighted by atomic mass is 10.1. The van der Waals surface area contributed by atoms with Crippen molar-refractivity contribution in [1.29, 1.82) is 0 Å². The second-order valence-electron chi connectivity index (χ2n) is 6.11. The van der Waals surface area contributed by atoms with Crippen LogP contribution in [0.2, 0.25) is 0 Å². The smallest absolute Gasteiger partial charge is 0.251 e. The summed E-state index contributed by atoms with van der Waals surface area (Å²) in [5.41, 5.74) is 3.21. The van der Waals surface area contributed by atoms with E-state index in [1.54, 1.807) is 13.2 Å². The molecule has 1 aromatic carbocycles. The summed E-state index contributed by atoms with van der Waals surface area (Å²) in [4.78, 5) is 12.4. The molecule has 2 aromatic rings. The third kappa shape index (κ3) is 4.61. The van der Waals surface area contributed by atoms with Crippen LogP contribution >= 0.6 is 0 Å². The van der Waals surface area contributed by atoms with Gasteiger partial charge in [0.1, 0.15) is 0 Å². The molecule has 128 valence electrons. The number of methoxy groups -OCH3 is 1. The molecule has 0 aliphatic rings. The number of aromatic nitrogens is 2. The Morgan fingerprint density at radius 1 is 1.21 bits per heavy atom. The van der Waals surface area contributed by atoms with E-state index < -0.39 is 0 Å². The molecule has 0 bridgehead atoms. The third-order valence-electron chi connectivity index (χ3n) is 3.89. The molecule has 0 saturated carbocycles. The number of benzene rings is 1. The van der Waals surface area contributed by atoms with Gasteiger partial charge in [0.15, 0.2) is 0 Å². The molecule has 5 heteroatoms. The Labute approximate surface area is 143 Å². The van der Waals surface area contributed by atoms with Gasteiger partial charge in [0.05, 0.1) is 24.0 Å². The predicted octanol–water partition coefficient (Wildman–Crippen LogP) is 3.42. The highest BCUT2D eigenvalue weighted by atomic mass is 16.5. The number of nitrogens with one attached hydrogen (secondary N) is 1. The van der Waals surface area contributed by atoms with Crippen molar-refractivity contribution in [2.24, 2.45) is 0 Å². The average Bonchev–Trinajstić information content (AvgIpc) is 2.61. The topological polar surface area (TPSA) is 64.1 Å². The van der Waals surface area contributed by atoms with E-state index in [0.717, 1.165) is 23.4 Å². The number of hydrogen-bond donors (Lipinski definition) is 1. The van der Waals surface area contributed by atoms with Crippen LogP contribution in [0.3, 0.4) is 0 Å². The molecule has 1 N–H and O–H groups in total. The van der Waals surface area contributed by atoms with Gasteiger partial charge < -0.3 is 10.1 Å². The fourth-order valence-corrected chi connectivity index (χ4v) is 2.36. The minimum absolute atomic E-state index is 0.0104. The van der Waals surface area contributed by atoms with E-state index in [4.69, 9.17) is 4.74 Å². The van der Waals surface area contributed by atoms with Crippen molar-refractivity contribution in [3.8, 4) is 11.3 Å². The van der Waals surface area contributed by atoms with Crippen LogP contribution in [0.5, 0.6) is 0 Å². The zero-order valence-corrected chi connectivity index (χ0v) is 14.7. The van der Waals surface area contributed by atoms with Crippen molar-refractivity contribution >= 4 is 5.91 Å². The first-order valence-corrected chi connectivity index (χ1v) is 8.29. The number of rotatable bonds is 7. The molecule has 5 nitrogen and oxygen atoms in total. The minimum Gasteiger partial charge on any atom is -0.383 e. The molecular weight excluding hydrogens is 302 g/mol. The lowest BCUT2D eigenvalue weighted by Crippen LogP contribution is -2.37. The second-order valence-corrected chi connectivity index (χ2v) is 6.11. The maximum Gasteiger partial charge on any atom is 0.251 e. The molecular formula is C19H25N3O2. The van der Waals surface area contributed by atoms with Crippen LogP contribution in [0.4, 0.5) is 0 Å². The molecule has 0 aliphatic heterocycles. The van der Waals surface area contributed by atoms with Gasteiger partial charge >= 0.3 is 0 Å². The van der Waals surface area contributed by atoms with Crippen molar-refractivity contribution in [2.45, 2.75) is 39.2 Å². The van der Waals surface area contributed by atoms with Gasteiger partial charge in [-0.2, -0.15) is 10.2 Å². The molecule has 0 saturated heterocycles. The predicted molar refractivity (Wildman–Crippen MR) is 95.0 cm³/mol. The molecule has 1 atom stereocenters. The highest BCUT2D eigenvalue weighted by molar-refractivity contribution is 5.95. The number of ether oxygens (including phenoxy) is 1. The van der Waals surface area contributed by atoms with Gasteiger partial charge in [0.2, 0.25) is 0 Å². The molecule has 1 heterocycles. The lowest BCUT2D eigenvalue weighted by molar-refractivity contribution is 0.0894. The van der Waals surface area contributed by atoms with Gasteiger partial charge in [-0.3, -0.25) is 4.79 Å². The molecule has 24 heavy (non-hydrogen) atoms. The van der Waals surface area contributed by atoms with Crippen LogP contribution in [0.15, 0.2) is 36.4 Å². The van der Waals surface area contributed by atoms with E-state index in [1.807, 2.05) is 37.3 Å². The van der Waals surface area contributed by atoms with Gasteiger partial charge in [0.25, 0.3) is 5.91 Å². The zero-order valence-electron chi connectivity index (χ0n) is 14.7. The first-order valence-electron chi connectivity index (χ1n) is 8.29. The maximum atomic E-state index is 12.4. The SMILES string of the molecule is CCC(COC)NC(=O)c1cccc(-c2ccc(C(C)C)nn2)c1. The van der Waals surface area contributed by atoms with Gasteiger partial charge in [-0.05, 0) is 36.6 Å². The van der Waals surface area contributed by atoms with E-state index in [0.29, 0.717) is 18.1 Å². The number of nitrogens with zero attached hydrogens (tertiary/aromatic N) is 2. The summed E-state index contributed by atoms with van der Waals surface area (Å²) >= 11 is 0. The Bertz CT molecular complexity index is 669. The molecule has 2 rings (SSSR count). The summed E-state index contributed by atoms with van der Waals surface area (Å²) in [7, 11) is 1.63. The summed E-state index contributed by atoms with van der Waals surface area (Å²) < 4.78 is 5.12. The highest BCUT2D eigenvalue weighted by Crippen LogP contribution is 2.19. The zero-order chi connectivity index (χ0) is 17.5. The summed E-state index contributed by atoms with van der Waals surface area (Å²) in [6.07, 6.45) is 0.821. The molecule has 0 aliphatic carbocycles. The maximum absolute atomic E-state index is 12.4. The van der Waals surface area contributed by atoms with Crippen molar-refractivity contribution in [3.63, 3.8) is 0 Å². The number of amides is 1. The number of hydrogen-bond acceptors (Lipinski definition) is 4. The Morgan fingerprint density at radius 2 is 2.00 bits per heavy atom. The number of carbonyl (C=O) groups excluding carboxylic acids is 1. The van der Waals surface area contributed by atoms with Gasteiger partial charge in [-0.25, -0.2) is 0 Å². The van der Waals surface area contributed by atoms with Gasteiger partial charge in [0, 0.05) is 18.2 Å². The number of carbonyl (C=O) groups is 1. The molecule has 1 aromatic heterocycles. The van der Waals surface area contributed by atoms with Crippen LogP contribution in [0.25, 0.3) is 11.3 Å². The highest BCUT2D eigenvalue weighted by Gasteiger charge is 2.13. The lowest BCUT2D eigenvalue weighted by Gasteiger charge is -2.16.